The quantitative estimate of drug-likeness (QED) is 0.492. The van der Waals surface area contributed by atoms with Crippen molar-refractivity contribution >= 4 is 27.1 Å². The molecule has 3 atom stereocenters. The third-order valence-electron chi connectivity index (χ3n) is 6.43. The number of sulfone groups is 1. The predicted octanol–water partition coefficient (Wildman–Crippen LogP) is 5.64. The number of anilines is 1. The van der Waals surface area contributed by atoms with E-state index in [1.165, 1.54) is 24.3 Å². The molecule has 11 heteroatoms. The van der Waals surface area contributed by atoms with Gasteiger partial charge in [0.15, 0.2) is 9.84 Å². The van der Waals surface area contributed by atoms with Crippen molar-refractivity contribution in [3.63, 3.8) is 0 Å². The van der Waals surface area contributed by atoms with Crippen LogP contribution in [0, 0.1) is 29.0 Å². The molecule has 2 aromatic rings. The maximum absolute atomic E-state index is 15.0. The molecule has 1 N–H and O–H groups in total. The zero-order valence-corrected chi connectivity index (χ0v) is 21.0. The number of alkyl halides is 3. The van der Waals surface area contributed by atoms with E-state index in [0.29, 0.717) is 12.0 Å². The molecule has 1 aliphatic carbocycles. The van der Waals surface area contributed by atoms with Crippen molar-refractivity contribution in [2.75, 3.05) is 11.6 Å². The van der Waals surface area contributed by atoms with Crippen molar-refractivity contribution in [2.45, 2.75) is 36.4 Å². The number of allylic oxidation sites excluding steroid dienone is 2. The summed E-state index contributed by atoms with van der Waals surface area (Å²) in [4.78, 5) is 16.9. The van der Waals surface area contributed by atoms with Crippen molar-refractivity contribution in [3.05, 3.63) is 72.1 Å². The van der Waals surface area contributed by atoms with Crippen LogP contribution in [0.15, 0.2) is 76.2 Å². The fourth-order valence-electron chi connectivity index (χ4n) is 4.55. The summed E-state index contributed by atoms with van der Waals surface area (Å²) in [6.45, 7) is 0. The zero-order valence-electron chi connectivity index (χ0n) is 20.2. The summed E-state index contributed by atoms with van der Waals surface area (Å²) in [7, 11) is -3.60. The first kappa shape index (κ1) is 27.3. The average Bonchev–Trinajstić information content (AvgIpc) is 2.88. The van der Waals surface area contributed by atoms with Gasteiger partial charge in [0.25, 0.3) is 0 Å². The van der Waals surface area contributed by atoms with Gasteiger partial charge in [-0.25, -0.2) is 12.8 Å². The third kappa shape index (κ3) is 6.02. The first-order chi connectivity index (χ1) is 17.9. The minimum absolute atomic E-state index is 0.00750. The van der Waals surface area contributed by atoms with E-state index in [9.17, 15) is 36.0 Å². The van der Waals surface area contributed by atoms with Crippen LogP contribution in [0.1, 0.15) is 19.3 Å². The average molecular weight is 546 g/mol. The Balaban J connectivity index is 1.58. The Kier molecular flexibility index (Phi) is 7.56. The standard InChI is InChI=1S/C27H23F4N3O3S/c1-38(36,37)24-8-3-2-7-20(24)17-9-10-22(21(28)12-17)34-26(35)19-13-23(33-25(14-19)27(29,30)31)18-6-4-5-16(11-18)15-32/h2-4,6-12,16,19,23H,5,13-14H2,1H3,(H,34,35). The van der Waals surface area contributed by atoms with Crippen molar-refractivity contribution in [1.82, 2.24) is 0 Å². The molecule has 0 radical (unpaired) electrons. The van der Waals surface area contributed by atoms with E-state index in [4.69, 9.17) is 0 Å². The number of aliphatic imine (C=N–C) groups is 1. The minimum Gasteiger partial charge on any atom is -0.323 e. The van der Waals surface area contributed by atoms with Crippen LogP contribution in [0.25, 0.3) is 11.1 Å². The summed E-state index contributed by atoms with van der Waals surface area (Å²) in [5, 5.41) is 11.6. The molecule has 1 heterocycles. The first-order valence-electron chi connectivity index (χ1n) is 11.7. The van der Waals surface area contributed by atoms with Gasteiger partial charge in [-0.15, -0.1) is 0 Å². The van der Waals surface area contributed by atoms with Gasteiger partial charge in [-0.3, -0.25) is 9.79 Å². The highest BCUT2D eigenvalue weighted by Gasteiger charge is 2.42. The lowest BCUT2D eigenvalue weighted by atomic mass is 9.84. The Morgan fingerprint density at radius 3 is 2.58 bits per heavy atom. The maximum atomic E-state index is 15.0. The van der Waals surface area contributed by atoms with Crippen LogP contribution in [0.4, 0.5) is 23.2 Å². The second-order valence-electron chi connectivity index (χ2n) is 9.22. The molecule has 38 heavy (non-hydrogen) atoms. The number of halogens is 4. The zero-order chi connectivity index (χ0) is 27.7. The van der Waals surface area contributed by atoms with Crippen LogP contribution in [0.2, 0.25) is 0 Å². The van der Waals surface area contributed by atoms with Crippen LogP contribution in [0.5, 0.6) is 0 Å². The highest BCUT2D eigenvalue weighted by atomic mass is 32.2. The second-order valence-corrected chi connectivity index (χ2v) is 11.2. The normalized spacial score (nSPS) is 21.7. The topological polar surface area (TPSA) is 99.4 Å². The molecule has 0 fully saturated rings. The van der Waals surface area contributed by atoms with E-state index in [0.717, 1.165) is 12.3 Å². The molecule has 2 aliphatic rings. The van der Waals surface area contributed by atoms with Gasteiger partial charge in [-0.1, -0.05) is 42.5 Å². The highest BCUT2D eigenvalue weighted by Crippen LogP contribution is 2.35. The molecule has 2 aromatic carbocycles. The van der Waals surface area contributed by atoms with Gasteiger partial charge in [0.2, 0.25) is 5.91 Å². The lowest BCUT2D eigenvalue weighted by Gasteiger charge is -2.29. The molecule has 1 amide bonds. The molecule has 0 spiro atoms. The smallest absolute Gasteiger partial charge is 0.323 e. The molecule has 0 aromatic heterocycles. The van der Waals surface area contributed by atoms with Gasteiger partial charge >= 0.3 is 6.18 Å². The number of carbonyl (C=O) groups is 1. The molecular weight excluding hydrogens is 522 g/mol. The van der Waals surface area contributed by atoms with Crippen molar-refractivity contribution in [2.24, 2.45) is 16.8 Å². The molecule has 0 bridgehead atoms. The minimum atomic E-state index is -4.75. The summed E-state index contributed by atoms with van der Waals surface area (Å²) in [6.07, 6.45) is 0.896. The fourth-order valence-corrected chi connectivity index (χ4v) is 5.46. The maximum Gasteiger partial charge on any atom is 0.429 e. The Labute approximate surface area is 217 Å². The van der Waals surface area contributed by atoms with E-state index < -0.39 is 57.7 Å². The molecular formula is C27H23F4N3O3S. The SMILES string of the molecule is CS(=O)(=O)c1ccccc1-c1ccc(NC(=O)C2CC(C(F)(F)F)=NC(C3=CC(C#N)CC=C3)C2)c(F)c1. The van der Waals surface area contributed by atoms with Crippen LogP contribution >= 0.6 is 0 Å². The number of nitriles is 1. The number of hydrogen-bond acceptors (Lipinski definition) is 5. The van der Waals surface area contributed by atoms with Gasteiger partial charge in [0, 0.05) is 24.2 Å². The first-order valence-corrected chi connectivity index (χ1v) is 13.6. The largest absolute Gasteiger partial charge is 0.429 e. The Hall–Kier alpha value is -3.78. The van der Waals surface area contributed by atoms with Crippen LogP contribution < -0.4 is 5.32 Å². The van der Waals surface area contributed by atoms with E-state index in [1.54, 1.807) is 30.4 Å². The van der Waals surface area contributed by atoms with Crippen molar-refractivity contribution in [1.29, 1.82) is 5.26 Å². The molecule has 0 saturated heterocycles. The van der Waals surface area contributed by atoms with Gasteiger partial charge < -0.3 is 5.32 Å². The van der Waals surface area contributed by atoms with Crippen LogP contribution in [-0.4, -0.2) is 38.5 Å². The number of hydrogen-bond donors (Lipinski definition) is 1. The number of nitrogens with one attached hydrogen (secondary N) is 1. The predicted molar refractivity (Wildman–Crippen MR) is 135 cm³/mol. The van der Waals surface area contributed by atoms with E-state index >= 15 is 0 Å². The van der Waals surface area contributed by atoms with Crippen molar-refractivity contribution in [3.8, 4) is 17.2 Å². The number of benzene rings is 2. The lowest BCUT2D eigenvalue weighted by molar-refractivity contribution is -0.120. The Morgan fingerprint density at radius 1 is 1.18 bits per heavy atom. The Bertz CT molecular complexity index is 1500. The van der Waals surface area contributed by atoms with E-state index in [2.05, 4.69) is 16.4 Å². The molecule has 4 rings (SSSR count). The van der Waals surface area contributed by atoms with Gasteiger partial charge in [0.1, 0.15) is 11.5 Å². The summed E-state index contributed by atoms with van der Waals surface area (Å²) in [6, 6.07) is 10.9. The number of rotatable bonds is 5. The summed E-state index contributed by atoms with van der Waals surface area (Å²) < 4.78 is 80.1. The molecule has 6 nitrogen and oxygen atoms in total. The van der Waals surface area contributed by atoms with Crippen molar-refractivity contribution < 1.29 is 30.8 Å². The molecule has 198 valence electrons. The van der Waals surface area contributed by atoms with E-state index in [1.807, 2.05) is 0 Å². The van der Waals surface area contributed by atoms with E-state index in [-0.39, 0.29) is 28.1 Å². The fraction of sp³-hybridized carbons (Fsp3) is 0.296. The molecule has 1 aliphatic heterocycles. The number of amides is 1. The lowest BCUT2D eigenvalue weighted by Crippen LogP contribution is -2.38. The molecule has 0 saturated carbocycles. The van der Waals surface area contributed by atoms with Crippen LogP contribution in [0.3, 0.4) is 0 Å². The second kappa shape index (κ2) is 10.5. The van der Waals surface area contributed by atoms with Gasteiger partial charge in [0.05, 0.1) is 28.6 Å². The summed E-state index contributed by atoms with van der Waals surface area (Å²) >= 11 is 0. The summed E-state index contributed by atoms with van der Waals surface area (Å²) in [5.74, 6) is -3.30. The van der Waals surface area contributed by atoms with Gasteiger partial charge in [-0.2, -0.15) is 18.4 Å². The monoisotopic (exact) mass is 545 g/mol. The molecule has 3 unspecified atom stereocenters. The Morgan fingerprint density at radius 2 is 1.92 bits per heavy atom. The highest BCUT2D eigenvalue weighted by molar-refractivity contribution is 7.90. The third-order valence-corrected chi connectivity index (χ3v) is 7.58. The number of nitrogens with zero attached hydrogens (tertiary/aromatic N) is 2. The van der Waals surface area contributed by atoms with Gasteiger partial charge in [-0.05, 0) is 42.2 Å². The van der Waals surface area contributed by atoms with Crippen LogP contribution in [-0.2, 0) is 14.6 Å². The summed E-state index contributed by atoms with van der Waals surface area (Å²) in [5.41, 5.74) is -0.367. The number of carbonyl (C=O) groups excluding carboxylic acids is 1.